The van der Waals surface area contributed by atoms with Gasteiger partial charge in [0.05, 0.1) is 53.0 Å². The van der Waals surface area contributed by atoms with Crippen molar-refractivity contribution in [3.05, 3.63) is 71.6 Å². The van der Waals surface area contributed by atoms with Crippen LogP contribution in [0.4, 0.5) is 10.5 Å². The van der Waals surface area contributed by atoms with Gasteiger partial charge in [-0.1, -0.05) is 24.3 Å². The van der Waals surface area contributed by atoms with Crippen molar-refractivity contribution in [3.8, 4) is 22.6 Å². The van der Waals surface area contributed by atoms with Crippen LogP contribution in [0.1, 0.15) is 11.6 Å². The predicted molar refractivity (Wildman–Crippen MR) is 108 cm³/mol. The Kier molecular flexibility index (Phi) is 4.10. The Labute approximate surface area is 165 Å². The summed E-state index contributed by atoms with van der Waals surface area (Å²) in [6.07, 6.45) is 5.29. The van der Waals surface area contributed by atoms with E-state index in [0.717, 1.165) is 22.6 Å². The Morgan fingerprint density at radius 1 is 1.11 bits per heavy atom. The van der Waals surface area contributed by atoms with Crippen molar-refractivity contribution in [1.82, 2.24) is 24.8 Å². The summed E-state index contributed by atoms with van der Waals surface area (Å²) in [4.78, 5) is 25.2. The van der Waals surface area contributed by atoms with E-state index >= 15 is 0 Å². The van der Waals surface area contributed by atoms with E-state index < -0.39 is 0 Å². The molecule has 1 unspecified atom stereocenters. The standard InChI is InChI=1S/C20H16N6OS/c27-20(25-13-5-6-16(22-7-13)17-10-28-12-24-17)23-9-19-15-4-2-1-3-14(15)18-8-21-11-26(18)19/h1-8,10-12,19H,9H2,(H2,23,25,27). The van der Waals surface area contributed by atoms with Gasteiger partial charge in [0, 0.05) is 17.5 Å². The van der Waals surface area contributed by atoms with Crippen LogP contribution >= 0.6 is 11.3 Å². The summed E-state index contributed by atoms with van der Waals surface area (Å²) >= 11 is 1.52. The lowest BCUT2D eigenvalue weighted by molar-refractivity contribution is 0.251. The van der Waals surface area contributed by atoms with E-state index in [-0.39, 0.29) is 12.1 Å². The number of hydrogen-bond acceptors (Lipinski definition) is 5. The number of aromatic nitrogens is 4. The molecule has 0 spiro atoms. The molecular formula is C20H16N6OS. The average Bonchev–Trinajstić information content (AvgIpc) is 3.45. The van der Waals surface area contributed by atoms with Crippen molar-refractivity contribution in [1.29, 1.82) is 0 Å². The molecule has 5 rings (SSSR count). The van der Waals surface area contributed by atoms with Gasteiger partial charge in [0.15, 0.2) is 0 Å². The first-order chi connectivity index (χ1) is 13.8. The summed E-state index contributed by atoms with van der Waals surface area (Å²) in [5.41, 5.74) is 7.43. The maximum atomic E-state index is 12.4. The number of carbonyl (C=O) groups is 1. The lowest BCUT2D eigenvalue weighted by Crippen LogP contribution is -2.33. The van der Waals surface area contributed by atoms with Crippen LogP contribution in [0, 0.1) is 0 Å². The van der Waals surface area contributed by atoms with Crippen LogP contribution in [0.15, 0.2) is 66.0 Å². The molecule has 2 N–H and O–H groups in total. The van der Waals surface area contributed by atoms with Gasteiger partial charge >= 0.3 is 6.03 Å². The van der Waals surface area contributed by atoms with Gasteiger partial charge in [-0.25, -0.2) is 14.8 Å². The highest BCUT2D eigenvalue weighted by molar-refractivity contribution is 7.07. The summed E-state index contributed by atoms with van der Waals surface area (Å²) in [6.45, 7) is 0.469. The minimum absolute atomic E-state index is 0.0321. The number of benzene rings is 1. The molecule has 0 radical (unpaired) electrons. The molecule has 1 atom stereocenters. The minimum Gasteiger partial charge on any atom is -0.335 e. The zero-order valence-corrected chi connectivity index (χ0v) is 15.6. The Morgan fingerprint density at radius 3 is 2.86 bits per heavy atom. The first-order valence-electron chi connectivity index (χ1n) is 8.80. The van der Waals surface area contributed by atoms with Crippen molar-refractivity contribution < 1.29 is 4.79 Å². The Morgan fingerprint density at radius 2 is 2.04 bits per heavy atom. The van der Waals surface area contributed by atoms with Crippen LogP contribution in [-0.4, -0.2) is 32.1 Å². The van der Waals surface area contributed by atoms with Crippen LogP contribution in [0.25, 0.3) is 22.6 Å². The van der Waals surface area contributed by atoms with Gasteiger partial charge in [0.25, 0.3) is 0 Å². The van der Waals surface area contributed by atoms with Crippen molar-refractivity contribution in [3.63, 3.8) is 0 Å². The molecule has 4 aromatic rings. The number of nitrogens with zero attached hydrogens (tertiary/aromatic N) is 4. The Balaban J connectivity index is 1.25. The van der Waals surface area contributed by atoms with Gasteiger partial charge in [-0.3, -0.25) is 4.98 Å². The van der Waals surface area contributed by atoms with E-state index in [1.54, 1.807) is 18.0 Å². The summed E-state index contributed by atoms with van der Waals surface area (Å²) in [6, 6.07) is 11.6. The lowest BCUT2D eigenvalue weighted by Gasteiger charge is -2.16. The summed E-state index contributed by atoms with van der Waals surface area (Å²) in [7, 11) is 0. The van der Waals surface area contributed by atoms with Crippen LogP contribution < -0.4 is 10.6 Å². The van der Waals surface area contributed by atoms with Gasteiger partial charge in [0.1, 0.15) is 0 Å². The second kappa shape index (κ2) is 6.90. The van der Waals surface area contributed by atoms with E-state index in [9.17, 15) is 4.79 Å². The molecule has 28 heavy (non-hydrogen) atoms. The summed E-state index contributed by atoms with van der Waals surface area (Å²) in [5, 5.41) is 7.71. The highest BCUT2D eigenvalue weighted by Gasteiger charge is 2.28. The Bertz CT molecular complexity index is 1120. The monoisotopic (exact) mass is 388 g/mol. The number of imidazole rings is 1. The molecule has 4 heterocycles. The molecule has 1 aliphatic rings. The van der Waals surface area contributed by atoms with E-state index in [1.165, 1.54) is 16.9 Å². The smallest absolute Gasteiger partial charge is 0.319 e. The highest BCUT2D eigenvalue weighted by atomic mass is 32.1. The topological polar surface area (TPSA) is 84.7 Å². The number of amides is 2. The van der Waals surface area contributed by atoms with E-state index in [2.05, 4.69) is 42.3 Å². The van der Waals surface area contributed by atoms with Crippen molar-refractivity contribution in [2.75, 3.05) is 11.9 Å². The number of urea groups is 1. The first-order valence-corrected chi connectivity index (χ1v) is 9.74. The molecule has 1 aromatic carbocycles. The zero-order valence-electron chi connectivity index (χ0n) is 14.7. The lowest BCUT2D eigenvalue weighted by atomic mass is 10.0. The molecule has 138 valence electrons. The number of hydrogen-bond donors (Lipinski definition) is 2. The number of nitrogens with one attached hydrogen (secondary N) is 2. The van der Waals surface area contributed by atoms with E-state index in [4.69, 9.17) is 0 Å². The second-order valence-electron chi connectivity index (χ2n) is 6.43. The van der Waals surface area contributed by atoms with Crippen LogP contribution in [0.3, 0.4) is 0 Å². The normalized spacial score (nSPS) is 14.4. The number of thiazole rings is 1. The van der Waals surface area contributed by atoms with Gasteiger partial charge in [0.2, 0.25) is 0 Å². The average molecular weight is 388 g/mol. The quantitative estimate of drug-likeness (QED) is 0.557. The molecule has 0 saturated carbocycles. The summed E-state index contributed by atoms with van der Waals surface area (Å²) < 4.78 is 2.09. The second-order valence-corrected chi connectivity index (χ2v) is 7.15. The van der Waals surface area contributed by atoms with Crippen molar-refractivity contribution in [2.24, 2.45) is 0 Å². The number of anilines is 1. The van der Waals surface area contributed by atoms with Crippen molar-refractivity contribution >= 4 is 23.1 Å². The van der Waals surface area contributed by atoms with Gasteiger partial charge < -0.3 is 15.2 Å². The van der Waals surface area contributed by atoms with Crippen LogP contribution in [-0.2, 0) is 0 Å². The largest absolute Gasteiger partial charge is 0.335 e. The predicted octanol–water partition coefficient (Wildman–Crippen LogP) is 3.79. The van der Waals surface area contributed by atoms with Crippen LogP contribution in [0.5, 0.6) is 0 Å². The van der Waals surface area contributed by atoms with Crippen LogP contribution in [0.2, 0.25) is 0 Å². The molecule has 0 saturated heterocycles. The fourth-order valence-corrected chi connectivity index (χ4v) is 4.01. The maximum Gasteiger partial charge on any atom is 0.319 e. The molecule has 8 heteroatoms. The van der Waals surface area contributed by atoms with E-state index in [1.807, 2.05) is 35.8 Å². The van der Waals surface area contributed by atoms with Gasteiger partial charge in [-0.2, -0.15) is 0 Å². The summed E-state index contributed by atoms with van der Waals surface area (Å²) in [5.74, 6) is 0. The SMILES string of the molecule is O=C(NCC1c2ccccc2-c2cncn21)Nc1ccc(-c2cscn2)nc1. The minimum atomic E-state index is -0.269. The molecule has 2 amide bonds. The fourth-order valence-electron chi connectivity index (χ4n) is 3.46. The number of fused-ring (bicyclic) bond motifs is 3. The van der Waals surface area contributed by atoms with Crippen molar-refractivity contribution in [2.45, 2.75) is 6.04 Å². The molecule has 1 aliphatic heterocycles. The molecule has 7 nitrogen and oxygen atoms in total. The first kappa shape index (κ1) is 16.6. The number of rotatable bonds is 4. The van der Waals surface area contributed by atoms with Gasteiger partial charge in [-0.15, -0.1) is 11.3 Å². The van der Waals surface area contributed by atoms with Gasteiger partial charge in [-0.05, 0) is 17.7 Å². The third kappa shape index (κ3) is 2.93. The van der Waals surface area contributed by atoms with E-state index in [0.29, 0.717) is 12.2 Å². The zero-order chi connectivity index (χ0) is 18.9. The Hall–Kier alpha value is -3.52. The molecule has 0 bridgehead atoms. The third-order valence-electron chi connectivity index (χ3n) is 4.77. The number of carbonyl (C=O) groups excluding carboxylic acids is 1. The molecule has 0 aliphatic carbocycles. The molecular weight excluding hydrogens is 372 g/mol. The third-order valence-corrected chi connectivity index (χ3v) is 5.36. The molecule has 0 fully saturated rings. The maximum absolute atomic E-state index is 12.4. The molecule has 3 aromatic heterocycles. The highest BCUT2D eigenvalue weighted by Crippen LogP contribution is 2.38. The fraction of sp³-hybridized carbons (Fsp3) is 0.100. The number of pyridine rings is 1.